The number of hydrogen-bond donors (Lipinski definition) is 1. The third-order valence-electron chi connectivity index (χ3n) is 4.27. The second-order valence-electron chi connectivity index (χ2n) is 6.01. The number of methoxy groups -OCH3 is 1. The quantitative estimate of drug-likeness (QED) is 0.794. The van der Waals surface area contributed by atoms with Crippen molar-refractivity contribution in [1.82, 2.24) is 5.32 Å². The molecule has 1 aromatic rings. The number of ether oxygens (including phenoxy) is 2. The molecule has 0 aliphatic carbocycles. The van der Waals surface area contributed by atoms with E-state index in [9.17, 15) is 0 Å². The molecule has 1 aliphatic rings. The molecule has 1 fully saturated rings. The van der Waals surface area contributed by atoms with Crippen molar-refractivity contribution in [2.24, 2.45) is 0 Å². The molecule has 1 saturated heterocycles. The lowest BCUT2D eigenvalue weighted by atomic mass is 9.99. The summed E-state index contributed by atoms with van der Waals surface area (Å²) in [5.41, 5.74) is 1.37. The highest BCUT2D eigenvalue weighted by molar-refractivity contribution is 5.27. The van der Waals surface area contributed by atoms with E-state index in [1.54, 1.807) is 7.11 Å². The molecule has 0 aromatic heterocycles. The highest BCUT2D eigenvalue weighted by Crippen LogP contribution is 2.24. The van der Waals surface area contributed by atoms with Gasteiger partial charge in [-0.05, 0) is 63.3 Å². The second kappa shape index (κ2) is 8.40. The van der Waals surface area contributed by atoms with Crippen molar-refractivity contribution in [3.8, 4) is 5.75 Å². The SMILES string of the molecule is CCCNC(CCc1ccc(OC)cc1)C1CCC(C)O1. The highest BCUT2D eigenvalue weighted by atomic mass is 16.5. The van der Waals surface area contributed by atoms with Crippen LogP contribution in [0.1, 0.15) is 45.1 Å². The lowest BCUT2D eigenvalue weighted by Gasteiger charge is -2.25. The normalized spacial score (nSPS) is 23.2. The van der Waals surface area contributed by atoms with Gasteiger partial charge in [0.15, 0.2) is 0 Å². The molecular weight excluding hydrogens is 262 g/mol. The summed E-state index contributed by atoms with van der Waals surface area (Å²) in [4.78, 5) is 0. The van der Waals surface area contributed by atoms with E-state index >= 15 is 0 Å². The summed E-state index contributed by atoms with van der Waals surface area (Å²) in [6.45, 7) is 5.47. The summed E-state index contributed by atoms with van der Waals surface area (Å²) in [7, 11) is 1.71. The van der Waals surface area contributed by atoms with Gasteiger partial charge < -0.3 is 14.8 Å². The smallest absolute Gasteiger partial charge is 0.118 e. The third kappa shape index (κ3) is 5.01. The van der Waals surface area contributed by atoms with E-state index in [0.717, 1.165) is 25.1 Å². The van der Waals surface area contributed by atoms with Gasteiger partial charge in [0.25, 0.3) is 0 Å². The van der Waals surface area contributed by atoms with Crippen LogP contribution in [0.2, 0.25) is 0 Å². The van der Waals surface area contributed by atoms with E-state index in [0.29, 0.717) is 18.2 Å². The molecule has 1 N–H and O–H groups in total. The van der Waals surface area contributed by atoms with Crippen molar-refractivity contribution < 1.29 is 9.47 Å². The third-order valence-corrected chi connectivity index (χ3v) is 4.27. The summed E-state index contributed by atoms with van der Waals surface area (Å²) >= 11 is 0. The Morgan fingerprint density at radius 1 is 1.29 bits per heavy atom. The minimum absolute atomic E-state index is 0.379. The van der Waals surface area contributed by atoms with Crippen molar-refractivity contribution >= 4 is 0 Å². The van der Waals surface area contributed by atoms with E-state index in [-0.39, 0.29) is 0 Å². The fourth-order valence-electron chi connectivity index (χ4n) is 2.99. The Kier molecular flexibility index (Phi) is 6.52. The molecule has 1 aliphatic heterocycles. The molecule has 3 atom stereocenters. The Morgan fingerprint density at radius 3 is 2.62 bits per heavy atom. The molecule has 21 heavy (non-hydrogen) atoms. The van der Waals surface area contributed by atoms with Crippen LogP contribution in [0.4, 0.5) is 0 Å². The summed E-state index contributed by atoms with van der Waals surface area (Å²) in [5.74, 6) is 0.923. The molecule has 2 rings (SSSR count). The van der Waals surface area contributed by atoms with Gasteiger partial charge in [0, 0.05) is 6.04 Å². The fourth-order valence-corrected chi connectivity index (χ4v) is 2.99. The van der Waals surface area contributed by atoms with Gasteiger partial charge in [-0.15, -0.1) is 0 Å². The molecular formula is C18H29NO2. The van der Waals surface area contributed by atoms with E-state index < -0.39 is 0 Å². The predicted molar refractivity (Wildman–Crippen MR) is 87.0 cm³/mol. The molecule has 118 valence electrons. The average molecular weight is 291 g/mol. The molecule has 3 heteroatoms. The maximum absolute atomic E-state index is 6.06. The zero-order valence-corrected chi connectivity index (χ0v) is 13.6. The zero-order valence-electron chi connectivity index (χ0n) is 13.6. The van der Waals surface area contributed by atoms with E-state index in [1.807, 2.05) is 12.1 Å². The van der Waals surface area contributed by atoms with Crippen molar-refractivity contribution in [1.29, 1.82) is 0 Å². The number of aryl methyl sites for hydroxylation is 1. The Labute approximate surface area is 129 Å². The maximum Gasteiger partial charge on any atom is 0.118 e. The van der Waals surface area contributed by atoms with Crippen molar-refractivity contribution in [3.05, 3.63) is 29.8 Å². The molecule has 0 spiro atoms. The van der Waals surface area contributed by atoms with Crippen LogP contribution >= 0.6 is 0 Å². The molecule has 3 nitrogen and oxygen atoms in total. The van der Waals surface area contributed by atoms with Crippen LogP contribution in [0, 0.1) is 0 Å². The maximum atomic E-state index is 6.06. The Morgan fingerprint density at radius 2 is 2.05 bits per heavy atom. The van der Waals surface area contributed by atoms with Gasteiger partial charge in [0.1, 0.15) is 5.75 Å². The van der Waals surface area contributed by atoms with Crippen LogP contribution < -0.4 is 10.1 Å². The topological polar surface area (TPSA) is 30.5 Å². The van der Waals surface area contributed by atoms with Crippen molar-refractivity contribution in [2.75, 3.05) is 13.7 Å². The van der Waals surface area contributed by atoms with E-state index in [1.165, 1.54) is 24.8 Å². The van der Waals surface area contributed by atoms with Crippen LogP contribution in [0.3, 0.4) is 0 Å². The zero-order chi connectivity index (χ0) is 15.1. The van der Waals surface area contributed by atoms with Crippen LogP contribution in [-0.4, -0.2) is 31.9 Å². The largest absolute Gasteiger partial charge is 0.497 e. The average Bonchev–Trinajstić information content (AvgIpc) is 2.94. The number of nitrogens with one attached hydrogen (secondary N) is 1. The van der Waals surface area contributed by atoms with Crippen LogP contribution in [0.25, 0.3) is 0 Å². The second-order valence-corrected chi connectivity index (χ2v) is 6.01. The molecule has 1 aromatic carbocycles. The molecule has 0 radical (unpaired) electrons. The summed E-state index contributed by atoms with van der Waals surface area (Å²) in [5, 5.41) is 3.68. The van der Waals surface area contributed by atoms with Gasteiger partial charge in [0.2, 0.25) is 0 Å². The Balaban J connectivity index is 1.88. The van der Waals surface area contributed by atoms with Crippen LogP contribution in [0.15, 0.2) is 24.3 Å². The van der Waals surface area contributed by atoms with E-state index in [2.05, 4.69) is 31.3 Å². The van der Waals surface area contributed by atoms with Crippen molar-refractivity contribution in [3.63, 3.8) is 0 Å². The van der Waals surface area contributed by atoms with Crippen molar-refractivity contribution in [2.45, 2.75) is 64.2 Å². The Hall–Kier alpha value is -1.06. The minimum Gasteiger partial charge on any atom is -0.497 e. The minimum atomic E-state index is 0.379. The number of benzene rings is 1. The molecule has 0 saturated carbocycles. The first kappa shape index (κ1) is 16.3. The first-order valence-corrected chi connectivity index (χ1v) is 8.24. The first-order chi connectivity index (χ1) is 10.2. The van der Waals surface area contributed by atoms with Gasteiger partial charge in [-0.25, -0.2) is 0 Å². The van der Waals surface area contributed by atoms with Gasteiger partial charge in [-0.2, -0.15) is 0 Å². The lowest BCUT2D eigenvalue weighted by Crippen LogP contribution is -2.40. The standard InChI is InChI=1S/C18H29NO2/c1-4-13-19-17(18-12-5-14(2)21-18)11-8-15-6-9-16(20-3)10-7-15/h6-7,9-10,14,17-19H,4-5,8,11-13H2,1-3H3. The number of hydrogen-bond acceptors (Lipinski definition) is 3. The molecule has 0 amide bonds. The van der Waals surface area contributed by atoms with Crippen LogP contribution in [-0.2, 0) is 11.2 Å². The predicted octanol–water partition coefficient (Wildman–Crippen LogP) is 3.56. The van der Waals surface area contributed by atoms with E-state index in [4.69, 9.17) is 9.47 Å². The fraction of sp³-hybridized carbons (Fsp3) is 0.667. The lowest BCUT2D eigenvalue weighted by molar-refractivity contribution is 0.0302. The van der Waals surface area contributed by atoms with Gasteiger partial charge >= 0.3 is 0 Å². The van der Waals surface area contributed by atoms with Gasteiger partial charge in [-0.1, -0.05) is 19.1 Å². The Bertz CT molecular complexity index is 404. The first-order valence-electron chi connectivity index (χ1n) is 8.24. The molecule has 3 unspecified atom stereocenters. The van der Waals surface area contributed by atoms with Gasteiger partial charge in [-0.3, -0.25) is 0 Å². The highest BCUT2D eigenvalue weighted by Gasteiger charge is 2.28. The number of rotatable bonds is 8. The molecule has 1 heterocycles. The summed E-state index contributed by atoms with van der Waals surface area (Å²) in [6.07, 6.45) is 6.56. The van der Waals surface area contributed by atoms with Crippen LogP contribution in [0.5, 0.6) is 5.75 Å². The van der Waals surface area contributed by atoms with Gasteiger partial charge in [0.05, 0.1) is 19.3 Å². The summed E-state index contributed by atoms with van der Waals surface area (Å²) in [6, 6.07) is 8.87. The summed E-state index contributed by atoms with van der Waals surface area (Å²) < 4.78 is 11.3. The molecule has 0 bridgehead atoms. The monoisotopic (exact) mass is 291 g/mol.